The van der Waals surface area contributed by atoms with Crippen LogP contribution in [0.1, 0.15) is 17.2 Å². The molecule has 0 N–H and O–H groups in total. The van der Waals surface area contributed by atoms with E-state index in [1.54, 1.807) is 0 Å². The van der Waals surface area contributed by atoms with E-state index in [9.17, 15) is 0 Å². The third-order valence-corrected chi connectivity index (χ3v) is 5.01. The molecule has 4 aromatic rings. The molecule has 0 spiro atoms. The first-order valence-electron chi connectivity index (χ1n) is 9.09. The number of benzene rings is 2. The molecule has 3 heterocycles. The van der Waals surface area contributed by atoms with E-state index in [-0.39, 0.29) is 0 Å². The van der Waals surface area contributed by atoms with Gasteiger partial charge in [0.05, 0.1) is 11.0 Å². The third kappa shape index (κ3) is 2.63. The molecule has 0 bridgehead atoms. The Bertz CT molecular complexity index is 1080. The van der Waals surface area contributed by atoms with Crippen molar-refractivity contribution in [1.29, 1.82) is 0 Å². The second-order valence-corrected chi connectivity index (χ2v) is 6.91. The molecule has 2 aromatic heterocycles. The van der Waals surface area contributed by atoms with Crippen LogP contribution in [0, 0.1) is 13.8 Å². The molecule has 1 aliphatic heterocycles. The maximum absolute atomic E-state index is 4.91. The van der Waals surface area contributed by atoms with Gasteiger partial charge >= 0.3 is 0 Å². The van der Waals surface area contributed by atoms with E-state index in [4.69, 9.17) is 4.98 Å². The number of hydrogen-bond acceptors (Lipinski definition) is 5. The predicted molar refractivity (Wildman–Crippen MR) is 105 cm³/mol. The molecule has 7 heteroatoms. The van der Waals surface area contributed by atoms with Gasteiger partial charge in [-0.1, -0.05) is 42.5 Å². The highest BCUT2D eigenvalue weighted by molar-refractivity contribution is 5.79. The van der Waals surface area contributed by atoms with Crippen LogP contribution in [0.15, 0.2) is 54.6 Å². The van der Waals surface area contributed by atoms with Gasteiger partial charge in [-0.05, 0) is 31.5 Å². The summed E-state index contributed by atoms with van der Waals surface area (Å²) in [6, 6.07) is 18.8. The van der Waals surface area contributed by atoms with E-state index in [1.165, 1.54) is 5.56 Å². The number of nitrogens with zero attached hydrogens (tertiary/aromatic N) is 7. The van der Waals surface area contributed by atoms with E-state index < -0.39 is 0 Å². The van der Waals surface area contributed by atoms with Gasteiger partial charge in [-0.2, -0.15) is 0 Å². The Labute approximate surface area is 157 Å². The van der Waals surface area contributed by atoms with Crippen LogP contribution < -0.4 is 9.91 Å². The zero-order valence-corrected chi connectivity index (χ0v) is 15.4. The Morgan fingerprint density at radius 3 is 2.33 bits per heavy atom. The fourth-order valence-corrected chi connectivity index (χ4v) is 3.84. The fraction of sp³-hybridized carbons (Fsp3) is 0.250. The number of imidazole rings is 1. The summed E-state index contributed by atoms with van der Waals surface area (Å²) >= 11 is 0. The van der Waals surface area contributed by atoms with Gasteiger partial charge in [-0.3, -0.25) is 9.58 Å². The van der Waals surface area contributed by atoms with Crippen molar-refractivity contribution in [2.45, 2.75) is 27.1 Å². The summed E-state index contributed by atoms with van der Waals surface area (Å²) in [6.07, 6.45) is 0. The number of aromatic nitrogens is 5. The smallest absolute Gasteiger partial charge is 0.209 e. The summed E-state index contributed by atoms with van der Waals surface area (Å²) in [6.45, 7) is 6.20. The van der Waals surface area contributed by atoms with Gasteiger partial charge in [0.1, 0.15) is 25.0 Å². The number of para-hydroxylation sites is 2. The number of anilines is 1. The normalized spacial score (nSPS) is 14.0. The highest BCUT2D eigenvalue weighted by Crippen LogP contribution is 2.28. The van der Waals surface area contributed by atoms with E-state index in [1.807, 2.05) is 26.0 Å². The number of hydrogen-bond donors (Lipinski definition) is 0. The maximum Gasteiger partial charge on any atom is 0.209 e. The number of aryl methyl sites for hydroxylation is 2. The van der Waals surface area contributed by atoms with Crippen molar-refractivity contribution >= 4 is 17.0 Å². The van der Waals surface area contributed by atoms with E-state index >= 15 is 0 Å². The lowest BCUT2D eigenvalue weighted by Gasteiger charge is -2.39. The minimum absolute atomic E-state index is 0.709. The molecule has 2 aromatic carbocycles. The molecule has 5 rings (SSSR count). The summed E-state index contributed by atoms with van der Waals surface area (Å²) in [7, 11) is 0. The van der Waals surface area contributed by atoms with Crippen molar-refractivity contribution in [3.05, 3.63) is 71.8 Å². The zero-order chi connectivity index (χ0) is 18.4. The molecule has 0 saturated heterocycles. The first kappa shape index (κ1) is 15.9. The predicted octanol–water partition coefficient (Wildman–Crippen LogP) is 2.82. The van der Waals surface area contributed by atoms with Gasteiger partial charge in [-0.25, -0.2) is 9.66 Å². The van der Waals surface area contributed by atoms with E-state index in [0.29, 0.717) is 6.67 Å². The van der Waals surface area contributed by atoms with Gasteiger partial charge in [0, 0.05) is 6.54 Å². The monoisotopic (exact) mass is 359 g/mol. The molecule has 0 amide bonds. The second-order valence-electron chi connectivity index (χ2n) is 6.91. The Kier molecular flexibility index (Phi) is 3.60. The average molecular weight is 359 g/mol. The summed E-state index contributed by atoms with van der Waals surface area (Å²) in [5.41, 5.74) is 3.42. The highest BCUT2D eigenvalue weighted by Gasteiger charge is 2.27. The quantitative estimate of drug-likeness (QED) is 0.563. The maximum atomic E-state index is 4.91. The summed E-state index contributed by atoms with van der Waals surface area (Å²) in [5, 5.41) is 10.7. The second kappa shape index (κ2) is 6.12. The Balaban J connectivity index is 1.61. The molecule has 27 heavy (non-hydrogen) atoms. The van der Waals surface area contributed by atoms with Gasteiger partial charge in [0.2, 0.25) is 5.95 Å². The Morgan fingerprint density at radius 1 is 0.852 bits per heavy atom. The lowest BCUT2D eigenvalue weighted by atomic mass is 10.2. The van der Waals surface area contributed by atoms with Crippen LogP contribution in [-0.4, -0.2) is 31.1 Å². The molecule has 0 radical (unpaired) electrons. The van der Waals surface area contributed by atoms with Gasteiger partial charge in [0.15, 0.2) is 0 Å². The van der Waals surface area contributed by atoms with Gasteiger partial charge < -0.3 is 4.90 Å². The fourth-order valence-electron chi connectivity index (χ4n) is 3.84. The molecule has 1 aliphatic rings. The van der Waals surface area contributed by atoms with Crippen molar-refractivity contribution in [2.24, 2.45) is 0 Å². The van der Waals surface area contributed by atoms with Crippen molar-refractivity contribution < 1.29 is 0 Å². The van der Waals surface area contributed by atoms with Crippen molar-refractivity contribution in [3.8, 4) is 0 Å². The molecule has 0 unspecified atom stereocenters. The largest absolute Gasteiger partial charge is 0.319 e. The van der Waals surface area contributed by atoms with Crippen molar-refractivity contribution in [3.63, 3.8) is 0 Å². The van der Waals surface area contributed by atoms with Crippen molar-refractivity contribution in [1.82, 2.24) is 24.4 Å². The molecular formula is C20H21N7. The molecule has 0 saturated carbocycles. The minimum Gasteiger partial charge on any atom is -0.319 e. The molecule has 0 fully saturated rings. The summed E-state index contributed by atoms with van der Waals surface area (Å²) in [5.74, 6) is 2.78. The Hall–Kier alpha value is -3.35. The van der Waals surface area contributed by atoms with Gasteiger partial charge in [0.25, 0.3) is 0 Å². The van der Waals surface area contributed by atoms with Crippen LogP contribution in [0.3, 0.4) is 0 Å². The molecule has 0 aliphatic carbocycles. The first-order valence-corrected chi connectivity index (χ1v) is 9.09. The summed E-state index contributed by atoms with van der Waals surface area (Å²) in [4.78, 5) is 7.22. The zero-order valence-electron chi connectivity index (χ0n) is 15.4. The number of fused-ring (bicyclic) bond motifs is 3. The van der Waals surface area contributed by atoms with E-state index in [2.05, 4.69) is 71.8 Å². The SMILES string of the molecule is Cc1nnc(C)n1N1CN(Cc2ccccc2)c2nc3ccccc3n2C1. The highest BCUT2D eigenvalue weighted by atomic mass is 15.7. The van der Waals surface area contributed by atoms with Crippen LogP contribution in [0.25, 0.3) is 11.0 Å². The molecule has 7 nitrogen and oxygen atoms in total. The average Bonchev–Trinajstić information content (AvgIpc) is 3.22. The van der Waals surface area contributed by atoms with Crippen LogP contribution in [0.2, 0.25) is 0 Å². The summed E-state index contributed by atoms with van der Waals surface area (Å²) < 4.78 is 4.36. The van der Waals surface area contributed by atoms with Crippen LogP contribution in [0.5, 0.6) is 0 Å². The topological polar surface area (TPSA) is 55.0 Å². The van der Waals surface area contributed by atoms with Crippen LogP contribution in [0.4, 0.5) is 5.95 Å². The first-order chi connectivity index (χ1) is 13.2. The van der Waals surface area contributed by atoms with E-state index in [0.717, 1.165) is 41.8 Å². The lowest BCUT2D eigenvalue weighted by Crippen LogP contribution is -2.50. The minimum atomic E-state index is 0.709. The van der Waals surface area contributed by atoms with Gasteiger partial charge in [-0.15, -0.1) is 10.2 Å². The Morgan fingerprint density at radius 2 is 1.56 bits per heavy atom. The standard InChI is InChI=1S/C20H21N7/c1-15-22-23-16(2)27(15)25-13-24(12-17-8-4-3-5-9-17)20-21-18-10-6-7-11-19(18)26(20)14-25/h3-11H,12-14H2,1-2H3. The molecular weight excluding hydrogens is 338 g/mol. The molecule has 136 valence electrons. The van der Waals surface area contributed by atoms with Crippen LogP contribution >= 0.6 is 0 Å². The third-order valence-electron chi connectivity index (χ3n) is 5.01. The van der Waals surface area contributed by atoms with Crippen LogP contribution in [-0.2, 0) is 13.2 Å². The number of rotatable bonds is 3. The van der Waals surface area contributed by atoms with Crippen molar-refractivity contribution in [2.75, 3.05) is 16.6 Å². The molecule has 0 atom stereocenters. The lowest BCUT2D eigenvalue weighted by molar-refractivity contribution is 0.443.